The van der Waals surface area contributed by atoms with Crippen molar-refractivity contribution in [2.24, 2.45) is 0 Å². The molecule has 0 saturated heterocycles. The normalized spacial score (nSPS) is 15.6. The van der Waals surface area contributed by atoms with Gasteiger partial charge in [-0.15, -0.1) is 0 Å². The van der Waals surface area contributed by atoms with E-state index in [4.69, 9.17) is 21.4 Å². The largest absolute Gasteiger partial charge is 0.493 e. The maximum atomic E-state index is 10.9. The lowest BCUT2D eigenvalue weighted by Crippen LogP contribution is -2.08. The number of carboxylic acid groups (broad SMARTS) is 1. The van der Waals surface area contributed by atoms with Gasteiger partial charge in [-0.2, -0.15) is 0 Å². The fraction of sp³-hybridized carbons (Fsp3) is 0.364. The van der Waals surface area contributed by atoms with Gasteiger partial charge in [0.15, 0.2) is 0 Å². The highest BCUT2D eigenvalue weighted by Crippen LogP contribution is 2.36. The van der Waals surface area contributed by atoms with Gasteiger partial charge >= 0.3 is 5.97 Å². The van der Waals surface area contributed by atoms with Gasteiger partial charge in [-0.05, 0) is 24.6 Å². The lowest BCUT2D eigenvalue weighted by atomic mass is 9.97. The minimum Gasteiger partial charge on any atom is -0.493 e. The van der Waals surface area contributed by atoms with Crippen LogP contribution in [-0.2, 0) is 11.2 Å². The van der Waals surface area contributed by atoms with E-state index in [0.29, 0.717) is 22.9 Å². The lowest BCUT2D eigenvalue weighted by molar-refractivity contribution is -0.138. The molecule has 0 aromatic heterocycles. The Morgan fingerprint density at radius 3 is 3.00 bits per heavy atom. The number of rotatable bonds is 2. The van der Waals surface area contributed by atoms with Gasteiger partial charge in [0.1, 0.15) is 5.75 Å². The Bertz CT molecular complexity index is 415. The Balaban J connectivity index is 2.51. The van der Waals surface area contributed by atoms with Gasteiger partial charge in [-0.25, -0.2) is 0 Å². The molecule has 4 heteroatoms. The van der Waals surface area contributed by atoms with Crippen LogP contribution >= 0.6 is 11.6 Å². The molecule has 0 fully saturated rings. The smallest absolute Gasteiger partial charge is 0.310 e. The molecule has 1 aliphatic rings. The molecule has 1 N–H and O–H groups in total. The van der Waals surface area contributed by atoms with Gasteiger partial charge < -0.3 is 9.84 Å². The first-order valence-electron chi connectivity index (χ1n) is 4.77. The highest BCUT2D eigenvalue weighted by molar-refractivity contribution is 6.30. The molecule has 2 rings (SSSR count). The summed E-state index contributed by atoms with van der Waals surface area (Å²) < 4.78 is 5.43. The molecule has 1 aromatic carbocycles. The second-order valence-corrected chi connectivity index (χ2v) is 4.08. The number of hydrogen-bond acceptors (Lipinski definition) is 2. The van der Waals surface area contributed by atoms with E-state index in [9.17, 15) is 4.79 Å². The first kappa shape index (κ1) is 10.3. The molecule has 1 unspecified atom stereocenters. The van der Waals surface area contributed by atoms with Crippen LogP contribution in [-0.4, -0.2) is 17.7 Å². The summed E-state index contributed by atoms with van der Waals surface area (Å²) in [4.78, 5) is 10.9. The van der Waals surface area contributed by atoms with Crippen molar-refractivity contribution in [3.63, 3.8) is 0 Å². The number of fused-ring (bicyclic) bond motifs is 1. The number of aliphatic carboxylic acids is 1. The standard InChI is InChI=1S/C11H11ClO3/c1-6(11(13)14)9-5-8(12)4-7-2-3-15-10(7)9/h4-6H,2-3H2,1H3,(H,13,14). The maximum Gasteiger partial charge on any atom is 0.310 e. The predicted molar refractivity (Wildman–Crippen MR) is 56.7 cm³/mol. The third-order valence-corrected chi connectivity index (χ3v) is 2.83. The lowest BCUT2D eigenvalue weighted by Gasteiger charge is -2.12. The average Bonchev–Trinajstić information content (AvgIpc) is 2.62. The number of ether oxygens (including phenoxy) is 1. The topological polar surface area (TPSA) is 46.5 Å². The molecule has 0 radical (unpaired) electrons. The maximum absolute atomic E-state index is 10.9. The Hall–Kier alpha value is -1.22. The fourth-order valence-electron chi connectivity index (χ4n) is 1.75. The van der Waals surface area contributed by atoms with Crippen molar-refractivity contribution in [1.29, 1.82) is 0 Å². The molecule has 1 heterocycles. The third-order valence-electron chi connectivity index (χ3n) is 2.61. The molecule has 1 aliphatic heterocycles. The quantitative estimate of drug-likeness (QED) is 0.843. The van der Waals surface area contributed by atoms with Crippen molar-refractivity contribution in [1.82, 2.24) is 0 Å². The summed E-state index contributed by atoms with van der Waals surface area (Å²) in [6.07, 6.45) is 0.801. The summed E-state index contributed by atoms with van der Waals surface area (Å²) in [5, 5.41) is 9.53. The average molecular weight is 227 g/mol. The van der Waals surface area contributed by atoms with Gasteiger partial charge in [0, 0.05) is 17.0 Å². The van der Waals surface area contributed by atoms with Crippen LogP contribution in [0.5, 0.6) is 5.75 Å². The van der Waals surface area contributed by atoms with Crippen LogP contribution in [0, 0.1) is 0 Å². The molecule has 0 amide bonds. The molecule has 15 heavy (non-hydrogen) atoms. The molecule has 1 aromatic rings. The Morgan fingerprint density at radius 2 is 2.33 bits per heavy atom. The molecule has 0 bridgehead atoms. The van der Waals surface area contributed by atoms with Gasteiger partial charge in [-0.1, -0.05) is 11.6 Å². The van der Waals surface area contributed by atoms with Crippen LogP contribution in [0.1, 0.15) is 24.0 Å². The Kier molecular flexibility index (Phi) is 2.57. The van der Waals surface area contributed by atoms with Crippen LogP contribution in [0.2, 0.25) is 5.02 Å². The molecule has 0 aliphatic carbocycles. The highest BCUT2D eigenvalue weighted by Gasteiger charge is 2.24. The van der Waals surface area contributed by atoms with Crippen molar-refractivity contribution in [2.45, 2.75) is 19.3 Å². The van der Waals surface area contributed by atoms with Crippen LogP contribution < -0.4 is 4.74 Å². The van der Waals surface area contributed by atoms with E-state index in [2.05, 4.69) is 0 Å². The fourth-order valence-corrected chi connectivity index (χ4v) is 2.00. The molecular formula is C11H11ClO3. The molecule has 1 atom stereocenters. The third kappa shape index (κ3) is 1.79. The first-order valence-corrected chi connectivity index (χ1v) is 5.15. The molecule has 0 saturated carbocycles. The van der Waals surface area contributed by atoms with Gasteiger partial charge in [0.05, 0.1) is 12.5 Å². The number of hydrogen-bond donors (Lipinski definition) is 1. The van der Waals surface area contributed by atoms with Crippen molar-refractivity contribution in [3.05, 3.63) is 28.3 Å². The minimum absolute atomic E-state index is 0.572. The van der Waals surface area contributed by atoms with E-state index in [1.54, 1.807) is 13.0 Å². The summed E-state index contributed by atoms with van der Waals surface area (Å²) in [6.45, 7) is 2.24. The van der Waals surface area contributed by atoms with Gasteiger partial charge in [0.25, 0.3) is 0 Å². The summed E-state index contributed by atoms with van der Waals surface area (Å²) in [7, 11) is 0. The predicted octanol–water partition coefficient (Wildman–Crippen LogP) is 2.46. The molecule has 0 spiro atoms. The summed E-state index contributed by atoms with van der Waals surface area (Å²) in [6, 6.07) is 3.51. The number of carbonyl (C=O) groups is 1. The first-order chi connectivity index (χ1) is 7.09. The second-order valence-electron chi connectivity index (χ2n) is 3.64. The molecular weight excluding hydrogens is 216 g/mol. The van der Waals surface area contributed by atoms with E-state index >= 15 is 0 Å². The zero-order chi connectivity index (χ0) is 11.0. The SMILES string of the molecule is CC(C(=O)O)c1cc(Cl)cc2c1OCC2. The number of halogens is 1. The monoisotopic (exact) mass is 226 g/mol. The van der Waals surface area contributed by atoms with E-state index in [0.717, 1.165) is 12.0 Å². The van der Waals surface area contributed by atoms with Crippen molar-refractivity contribution in [3.8, 4) is 5.75 Å². The van der Waals surface area contributed by atoms with Crippen LogP contribution in [0.15, 0.2) is 12.1 Å². The summed E-state index contributed by atoms with van der Waals surface area (Å²) in [5.41, 5.74) is 1.67. The number of carboxylic acids is 1. The zero-order valence-electron chi connectivity index (χ0n) is 8.29. The number of benzene rings is 1. The van der Waals surface area contributed by atoms with Crippen LogP contribution in [0.4, 0.5) is 0 Å². The van der Waals surface area contributed by atoms with Crippen molar-refractivity contribution < 1.29 is 14.6 Å². The molecule has 80 valence electrons. The van der Waals surface area contributed by atoms with Crippen molar-refractivity contribution in [2.75, 3.05) is 6.61 Å². The highest BCUT2D eigenvalue weighted by atomic mass is 35.5. The van der Waals surface area contributed by atoms with Gasteiger partial charge in [-0.3, -0.25) is 4.79 Å². The Morgan fingerprint density at radius 1 is 1.60 bits per heavy atom. The van der Waals surface area contributed by atoms with Crippen molar-refractivity contribution >= 4 is 17.6 Å². The van der Waals surface area contributed by atoms with Gasteiger partial charge in [0.2, 0.25) is 0 Å². The van der Waals surface area contributed by atoms with E-state index in [1.165, 1.54) is 0 Å². The zero-order valence-corrected chi connectivity index (χ0v) is 9.04. The minimum atomic E-state index is -0.866. The van der Waals surface area contributed by atoms with E-state index in [-0.39, 0.29) is 0 Å². The van der Waals surface area contributed by atoms with Crippen LogP contribution in [0.25, 0.3) is 0 Å². The summed E-state index contributed by atoms with van der Waals surface area (Å²) >= 11 is 5.93. The van der Waals surface area contributed by atoms with Crippen LogP contribution in [0.3, 0.4) is 0 Å². The van der Waals surface area contributed by atoms with E-state index < -0.39 is 11.9 Å². The molecule has 3 nitrogen and oxygen atoms in total. The Labute approximate surface area is 92.6 Å². The second kappa shape index (κ2) is 3.74. The summed E-state index contributed by atoms with van der Waals surface area (Å²) in [5.74, 6) is -0.750. The van der Waals surface area contributed by atoms with E-state index in [1.807, 2.05) is 6.07 Å².